The molecule has 4 atom stereocenters. The number of ether oxygens (including phenoxy) is 1. The van der Waals surface area contributed by atoms with Crippen molar-refractivity contribution in [1.29, 1.82) is 0 Å². The van der Waals surface area contributed by atoms with Gasteiger partial charge in [-0.1, -0.05) is 13.3 Å². The van der Waals surface area contributed by atoms with E-state index in [4.69, 9.17) is 4.74 Å². The summed E-state index contributed by atoms with van der Waals surface area (Å²) < 4.78 is 32.5. The predicted molar refractivity (Wildman–Crippen MR) is 70.9 cm³/mol. The number of likely N-dealkylation sites (N-methyl/N-ethyl adjacent to an activating group) is 1. The van der Waals surface area contributed by atoms with Gasteiger partial charge in [-0.25, -0.2) is 13.1 Å². The van der Waals surface area contributed by atoms with Crippen LogP contribution in [0.2, 0.25) is 0 Å². The number of fused-ring (bicyclic) bond motifs is 1. The summed E-state index contributed by atoms with van der Waals surface area (Å²) in [5.74, 6) is 0.590. The monoisotopic (exact) mass is 276 g/mol. The van der Waals surface area contributed by atoms with Crippen LogP contribution in [0, 0.1) is 5.92 Å². The second-order valence-corrected chi connectivity index (χ2v) is 7.43. The van der Waals surface area contributed by atoms with Gasteiger partial charge in [0, 0.05) is 18.6 Å². The lowest BCUT2D eigenvalue weighted by atomic mass is 9.71. The SMILES string of the molecule is CCCCS(=O)(=O)N[C@H]1[C@H]2CCO[C@H]2[C@@H]1N(C)C. The maximum absolute atomic E-state index is 12.0. The first-order valence-corrected chi connectivity index (χ1v) is 8.39. The summed E-state index contributed by atoms with van der Waals surface area (Å²) in [6.45, 7) is 2.76. The molecule has 0 unspecified atom stereocenters. The van der Waals surface area contributed by atoms with Crippen LogP contribution in [0.1, 0.15) is 26.2 Å². The minimum atomic E-state index is -3.14. The van der Waals surface area contributed by atoms with E-state index in [1.807, 2.05) is 21.0 Å². The molecule has 0 bridgehead atoms. The number of unbranched alkanes of at least 4 members (excludes halogenated alkanes) is 1. The van der Waals surface area contributed by atoms with Crippen molar-refractivity contribution in [3.05, 3.63) is 0 Å². The van der Waals surface area contributed by atoms with Crippen molar-refractivity contribution in [2.75, 3.05) is 26.5 Å². The molecule has 6 heteroatoms. The molecule has 1 saturated heterocycles. The highest BCUT2D eigenvalue weighted by atomic mass is 32.2. The molecule has 0 aromatic heterocycles. The Hall–Kier alpha value is -0.170. The summed E-state index contributed by atoms with van der Waals surface area (Å²) in [6, 6.07) is 0.197. The minimum absolute atomic E-state index is 0.0226. The Bertz CT molecular complexity index is 383. The van der Waals surface area contributed by atoms with Crippen molar-refractivity contribution >= 4 is 10.0 Å². The lowest BCUT2D eigenvalue weighted by molar-refractivity contribution is -0.0626. The third kappa shape index (κ3) is 2.71. The standard InChI is InChI=1S/C12H24N2O3S/c1-4-5-8-18(15,16)13-10-9-6-7-17-12(9)11(10)14(2)3/h9-13H,4-8H2,1-3H3/t9-,10+,11-,12-/m1/s1. The van der Waals surface area contributed by atoms with Crippen LogP contribution in [0.25, 0.3) is 0 Å². The van der Waals surface area contributed by atoms with Crippen LogP contribution in [0.3, 0.4) is 0 Å². The zero-order valence-corrected chi connectivity index (χ0v) is 12.2. The van der Waals surface area contributed by atoms with Gasteiger partial charge in [-0.3, -0.25) is 0 Å². The fourth-order valence-corrected chi connectivity index (χ4v) is 4.56. The van der Waals surface area contributed by atoms with Crippen LogP contribution in [-0.4, -0.2) is 58.0 Å². The summed E-state index contributed by atoms with van der Waals surface area (Å²) >= 11 is 0. The first-order valence-electron chi connectivity index (χ1n) is 6.74. The normalized spacial score (nSPS) is 35.6. The molecule has 0 radical (unpaired) electrons. The van der Waals surface area contributed by atoms with E-state index in [1.54, 1.807) is 0 Å². The van der Waals surface area contributed by atoms with Gasteiger partial charge in [-0.05, 0) is 26.9 Å². The summed E-state index contributed by atoms with van der Waals surface area (Å²) in [6.07, 6.45) is 2.80. The van der Waals surface area contributed by atoms with Gasteiger partial charge >= 0.3 is 0 Å². The molecule has 0 aromatic rings. The zero-order chi connectivity index (χ0) is 13.3. The molecule has 2 rings (SSSR count). The number of sulfonamides is 1. The molecule has 1 heterocycles. The fourth-order valence-electron chi connectivity index (χ4n) is 3.05. The van der Waals surface area contributed by atoms with Gasteiger partial charge in [-0.15, -0.1) is 0 Å². The highest BCUT2D eigenvalue weighted by molar-refractivity contribution is 7.89. The maximum Gasteiger partial charge on any atom is 0.211 e. The van der Waals surface area contributed by atoms with Gasteiger partial charge < -0.3 is 9.64 Å². The lowest BCUT2D eigenvalue weighted by Gasteiger charge is -2.50. The molecule has 2 aliphatic rings. The second-order valence-electron chi connectivity index (χ2n) is 5.56. The minimum Gasteiger partial charge on any atom is -0.376 e. The molecular weight excluding hydrogens is 252 g/mol. The number of hydrogen-bond donors (Lipinski definition) is 1. The van der Waals surface area contributed by atoms with Gasteiger partial charge in [0.2, 0.25) is 10.0 Å². The van der Waals surface area contributed by atoms with Gasteiger partial charge in [0.1, 0.15) is 0 Å². The van der Waals surface area contributed by atoms with Crippen molar-refractivity contribution < 1.29 is 13.2 Å². The molecule has 0 spiro atoms. The smallest absolute Gasteiger partial charge is 0.211 e. The van der Waals surface area contributed by atoms with E-state index < -0.39 is 10.0 Å². The van der Waals surface area contributed by atoms with Crippen molar-refractivity contribution in [2.45, 2.75) is 44.4 Å². The van der Waals surface area contributed by atoms with E-state index in [-0.39, 0.29) is 23.9 Å². The van der Waals surface area contributed by atoms with E-state index in [2.05, 4.69) is 9.62 Å². The number of nitrogens with zero attached hydrogens (tertiary/aromatic N) is 1. The van der Waals surface area contributed by atoms with E-state index >= 15 is 0 Å². The lowest BCUT2D eigenvalue weighted by Crippen LogP contribution is -2.69. The predicted octanol–water partition coefficient (Wildman–Crippen LogP) is 0.423. The van der Waals surface area contributed by atoms with E-state index in [0.29, 0.717) is 5.92 Å². The van der Waals surface area contributed by atoms with Crippen molar-refractivity contribution in [1.82, 2.24) is 9.62 Å². The van der Waals surface area contributed by atoms with Crippen LogP contribution in [0.5, 0.6) is 0 Å². The Balaban J connectivity index is 1.99. The molecule has 2 fully saturated rings. The highest BCUT2D eigenvalue weighted by Gasteiger charge is 2.55. The van der Waals surface area contributed by atoms with E-state index in [1.165, 1.54) is 0 Å². The van der Waals surface area contributed by atoms with E-state index in [0.717, 1.165) is 25.9 Å². The average molecular weight is 276 g/mol. The number of rotatable bonds is 6. The van der Waals surface area contributed by atoms with Crippen LogP contribution in [-0.2, 0) is 14.8 Å². The maximum atomic E-state index is 12.0. The molecule has 18 heavy (non-hydrogen) atoms. The Labute approximate surface area is 110 Å². The quantitative estimate of drug-likeness (QED) is 0.764. The summed E-state index contributed by atoms with van der Waals surface area (Å²) in [7, 11) is 0.823. The summed E-state index contributed by atoms with van der Waals surface area (Å²) in [4.78, 5) is 2.07. The third-order valence-electron chi connectivity index (χ3n) is 4.03. The van der Waals surface area contributed by atoms with Gasteiger partial charge in [0.25, 0.3) is 0 Å². The molecule has 106 valence electrons. The Morgan fingerprint density at radius 2 is 2.11 bits per heavy atom. The molecule has 0 aromatic carbocycles. The summed E-state index contributed by atoms with van der Waals surface area (Å²) in [5.41, 5.74) is 0. The molecule has 0 amide bonds. The first kappa shape index (κ1) is 14.2. The van der Waals surface area contributed by atoms with E-state index in [9.17, 15) is 8.42 Å². The molecular formula is C12H24N2O3S. The van der Waals surface area contributed by atoms with Gasteiger partial charge in [0.05, 0.1) is 17.9 Å². The largest absolute Gasteiger partial charge is 0.376 e. The number of hydrogen-bond acceptors (Lipinski definition) is 4. The van der Waals surface area contributed by atoms with Crippen LogP contribution >= 0.6 is 0 Å². The average Bonchev–Trinajstić information content (AvgIpc) is 2.67. The van der Waals surface area contributed by atoms with Crippen LogP contribution in [0.15, 0.2) is 0 Å². The van der Waals surface area contributed by atoms with Crippen molar-refractivity contribution in [3.63, 3.8) is 0 Å². The van der Waals surface area contributed by atoms with Crippen molar-refractivity contribution in [3.8, 4) is 0 Å². The Morgan fingerprint density at radius 3 is 2.72 bits per heavy atom. The Morgan fingerprint density at radius 1 is 1.39 bits per heavy atom. The second kappa shape index (κ2) is 5.45. The van der Waals surface area contributed by atoms with Gasteiger partial charge in [0.15, 0.2) is 0 Å². The summed E-state index contributed by atoms with van der Waals surface area (Å²) in [5, 5.41) is 0. The van der Waals surface area contributed by atoms with Crippen molar-refractivity contribution in [2.24, 2.45) is 5.92 Å². The Kier molecular flexibility index (Phi) is 4.31. The molecule has 1 saturated carbocycles. The topological polar surface area (TPSA) is 58.6 Å². The molecule has 5 nitrogen and oxygen atoms in total. The molecule has 1 aliphatic carbocycles. The fraction of sp³-hybridized carbons (Fsp3) is 1.00. The zero-order valence-electron chi connectivity index (χ0n) is 11.4. The third-order valence-corrected chi connectivity index (χ3v) is 5.49. The first-order chi connectivity index (χ1) is 8.46. The molecule has 1 aliphatic heterocycles. The number of nitrogens with one attached hydrogen (secondary N) is 1. The van der Waals surface area contributed by atoms with Crippen LogP contribution < -0.4 is 4.72 Å². The van der Waals surface area contributed by atoms with Gasteiger partial charge in [-0.2, -0.15) is 0 Å². The highest BCUT2D eigenvalue weighted by Crippen LogP contribution is 2.41. The van der Waals surface area contributed by atoms with Crippen LogP contribution in [0.4, 0.5) is 0 Å². The molecule has 1 N–H and O–H groups in total.